The third kappa shape index (κ3) is 2.05. The minimum atomic E-state index is 0.796. The maximum Gasteiger partial charge on any atom is 0.00987 e. The highest BCUT2D eigenvalue weighted by molar-refractivity contribution is 4.92. The lowest BCUT2D eigenvalue weighted by Gasteiger charge is -2.29. The molecule has 2 N–H and O–H groups in total. The summed E-state index contributed by atoms with van der Waals surface area (Å²) >= 11 is 0. The van der Waals surface area contributed by atoms with Crippen molar-refractivity contribution in [2.75, 3.05) is 19.6 Å². The molecule has 1 aliphatic carbocycles. The summed E-state index contributed by atoms with van der Waals surface area (Å²) in [6.45, 7) is 5.85. The van der Waals surface area contributed by atoms with Gasteiger partial charge in [-0.05, 0) is 44.1 Å². The second-order valence-electron chi connectivity index (χ2n) is 4.97. The van der Waals surface area contributed by atoms with E-state index in [2.05, 4.69) is 11.8 Å². The molecule has 0 aromatic carbocycles. The molecular weight excluding hydrogens is 160 g/mol. The Morgan fingerprint density at radius 1 is 1.46 bits per heavy atom. The van der Waals surface area contributed by atoms with E-state index in [9.17, 15) is 0 Å². The highest BCUT2D eigenvalue weighted by Gasteiger charge is 2.37. The molecule has 13 heavy (non-hydrogen) atoms. The molecular formula is C11H22N2. The molecule has 3 unspecified atom stereocenters. The van der Waals surface area contributed by atoms with Crippen molar-refractivity contribution in [2.24, 2.45) is 17.6 Å². The van der Waals surface area contributed by atoms with Crippen LogP contribution in [0.2, 0.25) is 0 Å². The third-order valence-corrected chi connectivity index (χ3v) is 3.73. The molecule has 1 aliphatic heterocycles. The van der Waals surface area contributed by atoms with Gasteiger partial charge in [0.15, 0.2) is 0 Å². The molecule has 2 nitrogen and oxygen atoms in total. The lowest BCUT2D eigenvalue weighted by molar-refractivity contribution is 0.184. The van der Waals surface area contributed by atoms with Crippen LogP contribution in [0.25, 0.3) is 0 Å². The molecule has 1 saturated heterocycles. The van der Waals surface area contributed by atoms with Crippen molar-refractivity contribution in [2.45, 2.75) is 38.6 Å². The van der Waals surface area contributed by atoms with Crippen molar-refractivity contribution in [3.05, 3.63) is 0 Å². The van der Waals surface area contributed by atoms with Gasteiger partial charge in [-0.25, -0.2) is 0 Å². The first kappa shape index (κ1) is 9.47. The van der Waals surface area contributed by atoms with Crippen LogP contribution in [0.4, 0.5) is 0 Å². The van der Waals surface area contributed by atoms with Crippen LogP contribution in [0.3, 0.4) is 0 Å². The SMILES string of the molecule is CC(CCN)CN1CC2CCC1C2. The van der Waals surface area contributed by atoms with Crippen LogP contribution in [-0.2, 0) is 0 Å². The van der Waals surface area contributed by atoms with E-state index in [1.165, 1.54) is 38.8 Å². The average molecular weight is 182 g/mol. The lowest BCUT2D eigenvalue weighted by Crippen LogP contribution is -2.35. The van der Waals surface area contributed by atoms with E-state index in [1.54, 1.807) is 0 Å². The molecule has 0 spiro atoms. The van der Waals surface area contributed by atoms with Crippen molar-refractivity contribution >= 4 is 0 Å². The highest BCUT2D eigenvalue weighted by atomic mass is 15.2. The number of likely N-dealkylation sites (tertiary alicyclic amines) is 1. The quantitative estimate of drug-likeness (QED) is 0.713. The van der Waals surface area contributed by atoms with Crippen molar-refractivity contribution in [3.8, 4) is 0 Å². The summed E-state index contributed by atoms with van der Waals surface area (Å²) in [7, 11) is 0. The van der Waals surface area contributed by atoms with Crippen molar-refractivity contribution < 1.29 is 0 Å². The Hall–Kier alpha value is -0.0800. The van der Waals surface area contributed by atoms with Gasteiger partial charge in [-0.1, -0.05) is 6.92 Å². The van der Waals surface area contributed by atoms with Gasteiger partial charge in [0.25, 0.3) is 0 Å². The van der Waals surface area contributed by atoms with Gasteiger partial charge in [-0.3, -0.25) is 4.90 Å². The summed E-state index contributed by atoms with van der Waals surface area (Å²) in [5, 5.41) is 0. The number of rotatable bonds is 4. The van der Waals surface area contributed by atoms with Gasteiger partial charge in [-0.15, -0.1) is 0 Å². The second-order valence-corrected chi connectivity index (χ2v) is 4.97. The van der Waals surface area contributed by atoms with Gasteiger partial charge >= 0.3 is 0 Å². The van der Waals surface area contributed by atoms with E-state index in [-0.39, 0.29) is 0 Å². The molecule has 0 aromatic rings. The van der Waals surface area contributed by atoms with E-state index in [0.717, 1.165) is 24.4 Å². The van der Waals surface area contributed by atoms with Crippen LogP contribution in [-0.4, -0.2) is 30.6 Å². The third-order valence-electron chi connectivity index (χ3n) is 3.73. The van der Waals surface area contributed by atoms with Crippen molar-refractivity contribution in [3.63, 3.8) is 0 Å². The van der Waals surface area contributed by atoms with Gasteiger partial charge in [0.05, 0.1) is 0 Å². The molecule has 0 aromatic heterocycles. The monoisotopic (exact) mass is 182 g/mol. The van der Waals surface area contributed by atoms with E-state index >= 15 is 0 Å². The van der Waals surface area contributed by atoms with Gasteiger partial charge < -0.3 is 5.73 Å². The maximum atomic E-state index is 5.56. The summed E-state index contributed by atoms with van der Waals surface area (Å²) in [5.74, 6) is 1.83. The fraction of sp³-hybridized carbons (Fsp3) is 1.00. The topological polar surface area (TPSA) is 29.3 Å². The Labute approximate surface area is 81.5 Å². The molecule has 76 valence electrons. The van der Waals surface area contributed by atoms with Crippen LogP contribution < -0.4 is 5.73 Å². The molecule has 1 heterocycles. The molecule has 2 rings (SSSR count). The summed E-state index contributed by atoms with van der Waals surface area (Å²) < 4.78 is 0. The zero-order valence-electron chi connectivity index (χ0n) is 8.71. The first-order valence-electron chi connectivity index (χ1n) is 5.73. The Morgan fingerprint density at radius 3 is 2.85 bits per heavy atom. The molecule has 1 saturated carbocycles. The van der Waals surface area contributed by atoms with Crippen LogP contribution in [0.1, 0.15) is 32.6 Å². The maximum absolute atomic E-state index is 5.56. The fourth-order valence-corrected chi connectivity index (χ4v) is 3.03. The molecule has 2 heteroatoms. The molecule has 2 aliphatic rings. The van der Waals surface area contributed by atoms with Crippen LogP contribution in [0.15, 0.2) is 0 Å². The van der Waals surface area contributed by atoms with E-state index in [4.69, 9.17) is 5.73 Å². The molecule has 3 atom stereocenters. The highest BCUT2D eigenvalue weighted by Crippen LogP contribution is 2.37. The minimum absolute atomic E-state index is 0.796. The Bertz CT molecular complexity index is 169. The summed E-state index contributed by atoms with van der Waals surface area (Å²) in [6.07, 6.45) is 5.62. The molecule has 2 bridgehead atoms. The smallest absolute Gasteiger partial charge is 0.00987 e. The number of nitrogens with zero attached hydrogens (tertiary/aromatic N) is 1. The predicted molar refractivity (Wildman–Crippen MR) is 55.5 cm³/mol. The zero-order chi connectivity index (χ0) is 9.26. The first-order valence-corrected chi connectivity index (χ1v) is 5.73. The van der Waals surface area contributed by atoms with Crippen LogP contribution in [0.5, 0.6) is 0 Å². The summed E-state index contributed by atoms with van der Waals surface area (Å²) in [6, 6.07) is 0.935. The standard InChI is InChI=1S/C11H22N2/c1-9(4-5-12)7-13-8-10-2-3-11(13)6-10/h9-11H,2-8,12H2,1H3. The average Bonchev–Trinajstić information content (AvgIpc) is 2.65. The van der Waals surface area contributed by atoms with Gasteiger partial charge in [0.1, 0.15) is 0 Å². The Balaban J connectivity index is 1.76. The second kappa shape index (κ2) is 3.97. The van der Waals surface area contributed by atoms with Crippen molar-refractivity contribution in [1.29, 1.82) is 0 Å². The number of fused-ring (bicyclic) bond motifs is 2. The van der Waals surface area contributed by atoms with Gasteiger partial charge in [0.2, 0.25) is 0 Å². The Morgan fingerprint density at radius 2 is 2.31 bits per heavy atom. The van der Waals surface area contributed by atoms with Gasteiger partial charge in [-0.2, -0.15) is 0 Å². The normalized spacial score (nSPS) is 35.5. The molecule has 2 fully saturated rings. The van der Waals surface area contributed by atoms with E-state index < -0.39 is 0 Å². The molecule has 0 amide bonds. The van der Waals surface area contributed by atoms with Gasteiger partial charge in [0, 0.05) is 19.1 Å². The molecule has 0 radical (unpaired) electrons. The summed E-state index contributed by atoms with van der Waals surface area (Å²) in [4.78, 5) is 2.70. The van der Waals surface area contributed by atoms with Crippen LogP contribution in [0, 0.1) is 11.8 Å². The first-order chi connectivity index (χ1) is 6.29. The van der Waals surface area contributed by atoms with E-state index in [1.807, 2.05) is 0 Å². The number of hydrogen-bond acceptors (Lipinski definition) is 2. The number of piperidine rings is 1. The fourth-order valence-electron chi connectivity index (χ4n) is 3.03. The number of hydrogen-bond donors (Lipinski definition) is 1. The summed E-state index contributed by atoms with van der Waals surface area (Å²) in [5.41, 5.74) is 5.56. The van der Waals surface area contributed by atoms with E-state index in [0.29, 0.717) is 0 Å². The largest absolute Gasteiger partial charge is 0.330 e. The Kier molecular flexibility index (Phi) is 2.89. The minimum Gasteiger partial charge on any atom is -0.330 e. The lowest BCUT2D eigenvalue weighted by atomic mass is 10.1. The predicted octanol–water partition coefficient (Wildman–Crippen LogP) is 1.46. The van der Waals surface area contributed by atoms with Crippen LogP contribution >= 0.6 is 0 Å². The zero-order valence-corrected chi connectivity index (χ0v) is 8.71. The number of nitrogens with two attached hydrogens (primary N) is 1. The van der Waals surface area contributed by atoms with Crippen molar-refractivity contribution in [1.82, 2.24) is 4.90 Å².